The maximum atomic E-state index is 4.71. The molecule has 1 aromatic heterocycles. The highest BCUT2D eigenvalue weighted by Crippen LogP contribution is 2.31. The zero-order chi connectivity index (χ0) is 17.8. The van der Waals surface area contributed by atoms with Gasteiger partial charge in [-0.15, -0.1) is 0 Å². The van der Waals surface area contributed by atoms with Crippen molar-refractivity contribution in [3.8, 4) is 0 Å². The van der Waals surface area contributed by atoms with Gasteiger partial charge >= 0.3 is 0 Å². The molecule has 3 heterocycles. The van der Waals surface area contributed by atoms with Crippen LogP contribution in [0.15, 0.2) is 36.5 Å². The average molecular weight is 351 g/mol. The lowest BCUT2D eigenvalue weighted by molar-refractivity contribution is 0.0649. The molecule has 2 fully saturated rings. The molecular weight excluding hydrogens is 322 g/mol. The number of aryl methyl sites for hydroxylation is 1. The number of rotatable bonds is 5. The lowest BCUT2D eigenvalue weighted by Crippen LogP contribution is -2.49. The molecule has 4 rings (SSSR count). The summed E-state index contributed by atoms with van der Waals surface area (Å²) in [5.41, 5.74) is 2.10. The van der Waals surface area contributed by atoms with Crippen LogP contribution in [-0.4, -0.2) is 40.5 Å². The molecule has 0 radical (unpaired) electrons. The number of aromatic nitrogens is 2. The molecule has 0 bridgehead atoms. The van der Waals surface area contributed by atoms with Crippen LogP contribution in [0.3, 0.4) is 0 Å². The Morgan fingerprint density at radius 2 is 1.92 bits per heavy atom. The Balaban J connectivity index is 1.41. The minimum atomic E-state index is 0.646. The molecule has 2 N–H and O–H groups in total. The lowest BCUT2D eigenvalue weighted by Gasteiger charge is -2.44. The molecule has 0 amide bonds. The number of piperidine rings is 2. The van der Waals surface area contributed by atoms with Gasteiger partial charge < -0.3 is 15.5 Å². The Labute approximate surface area is 156 Å². The van der Waals surface area contributed by atoms with E-state index in [0.717, 1.165) is 35.6 Å². The van der Waals surface area contributed by atoms with Gasteiger partial charge in [0.25, 0.3) is 0 Å². The van der Waals surface area contributed by atoms with E-state index < -0.39 is 0 Å². The summed E-state index contributed by atoms with van der Waals surface area (Å²) < 4.78 is 0. The summed E-state index contributed by atoms with van der Waals surface area (Å²) in [6.45, 7) is 5.66. The van der Waals surface area contributed by atoms with Gasteiger partial charge in [0.15, 0.2) is 0 Å². The standard InChI is InChI=1S/C21H29N5/c1-16-14-23-21(24-18-9-3-2-4-10-18)25-20(16)22-15-17-8-7-13-26-12-6-5-11-19(17)26/h2-4,9-10,14,17,19H,5-8,11-13,15H2,1H3,(H2,22,23,24,25)/t17-,19+/m0/s1. The summed E-state index contributed by atoms with van der Waals surface area (Å²) >= 11 is 0. The van der Waals surface area contributed by atoms with Crippen LogP contribution < -0.4 is 10.6 Å². The normalized spacial score (nSPS) is 23.3. The van der Waals surface area contributed by atoms with Crippen LogP contribution in [0.1, 0.15) is 37.7 Å². The first-order chi connectivity index (χ1) is 12.8. The van der Waals surface area contributed by atoms with E-state index in [4.69, 9.17) is 4.98 Å². The van der Waals surface area contributed by atoms with E-state index in [2.05, 4.69) is 27.4 Å². The number of hydrogen-bond acceptors (Lipinski definition) is 5. The summed E-state index contributed by atoms with van der Waals surface area (Å²) in [4.78, 5) is 11.9. The molecule has 0 aliphatic carbocycles. The summed E-state index contributed by atoms with van der Waals surface area (Å²) in [6, 6.07) is 10.8. The van der Waals surface area contributed by atoms with Gasteiger partial charge in [-0.25, -0.2) is 4.98 Å². The van der Waals surface area contributed by atoms with Gasteiger partial charge in [0.1, 0.15) is 5.82 Å². The summed E-state index contributed by atoms with van der Waals surface area (Å²) in [5.74, 6) is 2.32. The molecule has 5 nitrogen and oxygen atoms in total. The summed E-state index contributed by atoms with van der Waals surface area (Å²) in [5, 5.41) is 6.91. The number of nitrogens with one attached hydrogen (secondary N) is 2. The minimum Gasteiger partial charge on any atom is -0.369 e. The molecule has 0 unspecified atom stereocenters. The van der Waals surface area contributed by atoms with Crippen molar-refractivity contribution in [2.24, 2.45) is 5.92 Å². The smallest absolute Gasteiger partial charge is 0.229 e. The lowest BCUT2D eigenvalue weighted by atomic mass is 9.83. The van der Waals surface area contributed by atoms with Crippen LogP contribution in [0.5, 0.6) is 0 Å². The Kier molecular flexibility index (Phi) is 5.34. The zero-order valence-corrected chi connectivity index (χ0v) is 15.6. The maximum Gasteiger partial charge on any atom is 0.229 e. The predicted octanol–water partition coefficient (Wildman–Crippen LogP) is 4.21. The van der Waals surface area contributed by atoms with Crippen molar-refractivity contribution < 1.29 is 0 Å². The fraction of sp³-hybridized carbons (Fsp3) is 0.524. The van der Waals surface area contributed by atoms with Gasteiger partial charge in [0.05, 0.1) is 0 Å². The first-order valence-corrected chi connectivity index (χ1v) is 9.93. The second-order valence-corrected chi connectivity index (χ2v) is 7.60. The molecular formula is C21H29N5. The predicted molar refractivity (Wildman–Crippen MR) is 107 cm³/mol. The van der Waals surface area contributed by atoms with Crippen LogP contribution in [0, 0.1) is 12.8 Å². The van der Waals surface area contributed by atoms with E-state index in [-0.39, 0.29) is 0 Å². The second kappa shape index (κ2) is 8.04. The SMILES string of the molecule is Cc1cnc(Nc2ccccc2)nc1NC[C@@H]1CCCN2CCCC[C@H]12. The van der Waals surface area contributed by atoms with E-state index in [1.807, 2.05) is 36.5 Å². The van der Waals surface area contributed by atoms with Gasteiger partial charge in [0.2, 0.25) is 5.95 Å². The maximum absolute atomic E-state index is 4.71. The fourth-order valence-corrected chi connectivity index (χ4v) is 4.37. The van der Waals surface area contributed by atoms with Crippen molar-refractivity contribution in [2.75, 3.05) is 30.3 Å². The van der Waals surface area contributed by atoms with E-state index >= 15 is 0 Å². The van der Waals surface area contributed by atoms with Gasteiger partial charge in [-0.1, -0.05) is 24.6 Å². The molecule has 5 heteroatoms. The topological polar surface area (TPSA) is 53.1 Å². The molecule has 2 atom stereocenters. The van der Waals surface area contributed by atoms with Gasteiger partial charge in [-0.3, -0.25) is 0 Å². The van der Waals surface area contributed by atoms with Crippen LogP contribution in [-0.2, 0) is 0 Å². The first-order valence-electron chi connectivity index (χ1n) is 9.93. The van der Waals surface area contributed by atoms with E-state index in [0.29, 0.717) is 5.95 Å². The number of benzene rings is 1. The van der Waals surface area contributed by atoms with Crippen LogP contribution in [0.25, 0.3) is 0 Å². The van der Waals surface area contributed by atoms with Crippen molar-refractivity contribution in [1.82, 2.24) is 14.9 Å². The Bertz CT molecular complexity index is 716. The summed E-state index contributed by atoms with van der Waals surface area (Å²) in [6.07, 6.45) is 8.66. The number of hydrogen-bond donors (Lipinski definition) is 2. The van der Waals surface area contributed by atoms with E-state index in [9.17, 15) is 0 Å². The third-order valence-corrected chi connectivity index (χ3v) is 5.76. The monoisotopic (exact) mass is 351 g/mol. The van der Waals surface area contributed by atoms with Crippen LogP contribution >= 0.6 is 0 Å². The minimum absolute atomic E-state index is 0.646. The Morgan fingerprint density at radius 1 is 1.08 bits per heavy atom. The van der Waals surface area contributed by atoms with Gasteiger partial charge in [0, 0.05) is 30.0 Å². The molecule has 2 saturated heterocycles. The van der Waals surface area contributed by atoms with Crippen LogP contribution in [0.2, 0.25) is 0 Å². The third kappa shape index (κ3) is 3.98. The highest BCUT2D eigenvalue weighted by atomic mass is 15.2. The zero-order valence-electron chi connectivity index (χ0n) is 15.6. The van der Waals surface area contributed by atoms with Crippen molar-refractivity contribution in [2.45, 2.75) is 45.1 Å². The quantitative estimate of drug-likeness (QED) is 0.845. The number of nitrogens with zero attached hydrogens (tertiary/aromatic N) is 3. The van der Waals surface area contributed by atoms with Crippen LogP contribution in [0.4, 0.5) is 17.5 Å². The number of para-hydroxylation sites is 1. The number of fused-ring (bicyclic) bond motifs is 1. The van der Waals surface area contributed by atoms with Crippen molar-refractivity contribution in [3.63, 3.8) is 0 Å². The summed E-state index contributed by atoms with van der Waals surface area (Å²) in [7, 11) is 0. The first kappa shape index (κ1) is 17.3. The average Bonchev–Trinajstić information content (AvgIpc) is 2.69. The Hall–Kier alpha value is -2.14. The molecule has 26 heavy (non-hydrogen) atoms. The molecule has 0 saturated carbocycles. The molecule has 2 aliphatic rings. The highest BCUT2D eigenvalue weighted by molar-refractivity contribution is 5.55. The highest BCUT2D eigenvalue weighted by Gasteiger charge is 2.32. The second-order valence-electron chi connectivity index (χ2n) is 7.60. The fourth-order valence-electron chi connectivity index (χ4n) is 4.37. The van der Waals surface area contributed by atoms with E-state index in [1.54, 1.807) is 0 Å². The largest absolute Gasteiger partial charge is 0.369 e. The molecule has 2 aliphatic heterocycles. The van der Waals surface area contributed by atoms with Crippen molar-refractivity contribution >= 4 is 17.5 Å². The Morgan fingerprint density at radius 3 is 2.81 bits per heavy atom. The molecule has 1 aromatic carbocycles. The molecule has 138 valence electrons. The molecule has 2 aromatic rings. The van der Waals surface area contributed by atoms with E-state index in [1.165, 1.54) is 45.2 Å². The van der Waals surface area contributed by atoms with Crippen molar-refractivity contribution in [3.05, 3.63) is 42.1 Å². The molecule has 0 spiro atoms. The van der Waals surface area contributed by atoms with Gasteiger partial charge in [-0.2, -0.15) is 4.98 Å². The number of anilines is 3. The van der Waals surface area contributed by atoms with Crippen molar-refractivity contribution in [1.29, 1.82) is 0 Å². The third-order valence-electron chi connectivity index (χ3n) is 5.76. The van der Waals surface area contributed by atoms with Gasteiger partial charge in [-0.05, 0) is 63.7 Å².